The van der Waals surface area contributed by atoms with Gasteiger partial charge >= 0.3 is 5.01 Å². The Balaban J connectivity index is 0.00000225. The van der Waals surface area contributed by atoms with Gasteiger partial charge in [-0.25, -0.2) is 0 Å². The molecule has 0 saturated heterocycles. The van der Waals surface area contributed by atoms with Crippen LogP contribution >= 0.6 is 34.5 Å². The molecular formula is C20H14Cl3N3OS. The van der Waals surface area contributed by atoms with E-state index in [1.54, 1.807) is 30.3 Å². The summed E-state index contributed by atoms with van der Waals surface area (Å²) in [6.45, 7) is 0. The molecule has 4 rings (SSSR count). The van der Waals surface area contributed by atoms with E-state index in [4.69, 9.17) is 28.3 Å². The van der Waals surface area contributed by atoms with E-state index in [9.17, 15) is 5.11 Å². The maximum absolute atomic E-state index is 9.45. The van der Waals surface area contributed by atoms with Gasteiger partial charge in [0.05, 0.1) is 10.6 Å². The summed E-state index contributed by atoms with van der Waals surface area (Å²) < 4.78 is 1.85. The summed E-state index contributed by atoms with van der Waals surface area (Å²) in [5.41, 5.74) is 2.60. The van der Waals surface area contributed by atoms with Crippen molar-refractivity contribution in [1.29, 1.82) is 0 Å². The molecule has 0 spiro atoms. The van der Waals surface area contributed by atoms with Crippen LogP contribution < -0.4 is 22.4 Å². The number of halogens is 3. The van der Waals surface area contributed by atoms with Crippen LogP contribution in [0.25, 0.3) is 16.3 Å². The van der Waals surface area contributed by atoms with E-state index in [1.165, 1.54) is 11.3 Å². The van der Waals surface area contributed by atoms with Crippen molar-refractivity contribution in [2.24, 2.45) is 0 Å². The van der Waals surface area contributed by atoms with Gasteiger partial charge in [-0.15, -0.1) is 0 Å². The lowest BCUT2D eigenvalue weighted by molar-refractivity contribution is -0.642. The maximum atomic E-state index is 9.45. The molecule has 28 heavy (non-hydrogen) atoms. The minimum absolute atomic E-state index is 0. The van der Waals surface area contributed by atoms with Crippen LogP contribution in [0.15, 0.2) is 72.8 Å². The first-order valence-electron chi connectivity index (χ1n) is 8.10. The maximum Gasteiger partial charge on any atom is 0.306 e. The van der Waals surface area contributed by atoms with Gasteiger partial charge in [-0.1, -0.05) is 41.4 Å². The van der Waals surface area contributed by atoms with Crippen LogP contribution in [0.2, 0.25) is 10.0 Å². The molecule has 0 fully saturated rings. The van der Waals surface area contributed by atoms with Crippen molar-refractivity contribution in [2.75, 3.05) is 5.32 Å². The van der Waals surface area contributed by atoms with Crippen molar-refractivity contribution < 1.29 is 22.2 Å². The Hall–Kier alpha value is -2.31. The molecule has 2 N–H and O–H groups in total. The minimum atomic E-state index is 0. The fraction of sp³-hybridized carbons (Fsp3) is 0. The number of anilines is 2. The Labute approximate surface area is 182 Å². The van der Waals surface area contributed by atoms with Crippen LogP contribution in [0.5, 0.6) is 5.75 Å². The van der Waals surface area contributed by atoms with Crippen LogP contribution in [0.1, 0.15) is 0 Å². The standard InChI is InChI=1S/C20H13Cl2N3OS.ClH/c21-13-6-11-17(18(22)12-13)19-25(15-4-2-1-3-5-15)24-20(27-19)23-14-7-9-16(26)10-8-14;/h1-12H,(H-,23,24,26);1H. The van der Waals surface area contributed by atoms with Crippen molar-refractivity contribution in [3.05, 3.63) is 82.8 Å². The van der Waals surface area contributed by atoms with E-state index in [1.807, 2.05) is 47.1 Å². The van der Waals surface area contributed by atoms with E-state index >= 15 is 0 Å². The number of nitrogens with zero attached hydrogens (tertiary/aromatic N) is 2. The number of hydrogen-bond acceptors (Lipinski definition) is 4. The molecule has 0 atom stereocenters. The fourth-order valence-corrected chi connectivity index (χ4v) is 4.14. The molecule has 0 saturated carbocycles. The van der Waals surface area contributed by atoms with Gasteiger partial charge in [-0.3, -0.25) is 0 Å². The van der Waals surface area contributed by atoms with E-state index in [2.05, 4.69) is 5.32 Å². The summed E-state index contributed by atoms with van der Waals surface area (Å²) >= 11 is 14.0. The lowest BCUT2D eigenvalue weighted by Crippen LogP contribution is -3.00. The Bertz CT molecular complexity index is 1090. The number of aromatic hydroxyl groups is 1. The monoisotopic (exact) mass is 449 g/mol. The van der Waals surface area contributed by atoms with Crippen molar-refractivity contribution in [3.63, 3.8) is 0 Å². The quantitative estimate of drug-likeness (QED) is 0.371. The zero-order valence-corrected chi connectivity index (χ0v) is 17.4. The van der Waals surface area contributed by atoms with Crippen LogP contribution in [-0.2, 0) is 0 Å². The highest BCUT2D eigenvalue weighted by Gasteiger charge is 2.26. The fourth-order valence-electron chi connectivity index (χ4n) is 2.59. The van der Waals surface area contributed by atoms with Gasteiger partial charge in [0, 0.05) is 27.9 Å². The number of aromatic nitrogens is 2. The van der Waals surface area contributed by atoms with E-state index in [0.717, 1.165) is 21.9 Å². The van der Waals surface area contributed by atoms with Crippen molar-refractivity contribution in [1.82, 2.24) is 5.10 Å². The predicted octanol–water partition coefficient (Wildman–Crippen LogP) is 2.85. The second-order valence-corrected chi connectivity index (χ2v) is 7.58. The van der Waals surface area contributed by atoms with Gasteiger partial charge in [0.1, 0.15) is 5.75 Å². The Morgan fingerprint density at radius 3 is 2.32 bits per heavy atom. The average Bonchev–Trinajstić information content (AvgIpc) is 3.08. The summed E-state index contributed by atoms with van der Waals surface area (Å²) in [6, 6.07) is 22.1. The van der Waals surface area contributed by atoms with Gasteiger partial charge in [-0.05, 0) is 58.5 Å². The van der Waals surface area contributed by atoms with Gasteiger partial charge < -0.3 is 22.8 Å². The number of benzene rings is 3. The minimum Gasteiger partial charge on any atom is -1.00 e. The number of para-hydroxylation sites is 1. The highest BCUT2D eigenvalue weighted by molar-refractivity contribution is 7.18. The molecule has 0 amide bonds. The predicted molar refractivity (Wildman–Crippen MR) is 110 cm³/mol. The van der Waals surface area contributed by atoms with Gasteiger partial charge in [0.15, 0.2) is 0 Å². The number of hydrogen-bond donors (Lipinski definition) is 2. The number of phenols is 1. The van der Waals surface area contributed by atoms with E-state index in [-0.39, 0.29) is 18.2 Å². The zero-order chi connectivity index (χ0) is 18.8. The summed E-state index contributed by atoms with van der Waals surface area (Å²) in [6.07, 6.45) is 0. The first-order chi connectivity index (χ1) is 13.1. The molecular weight excluding hydrogens is 437 g/mol. The first-order valence-corrected chi connectivity index (χ1v) is 9.67. The van der Waals surface area contributed by atoms with Crippen LogP contribution in [0.4, 0.5) is 10.8 Å². The molecule has 0 aliphatic carbocycles. The van der Waals surface area contributed by atoms with E-state index in [0.29, 0.717) is 15.2 Å². The van der Waals surface area contributed by atoms with Gasteiger partial charge in [0.2, 0.25) is 5.69 Å². The van der Waals surface area contributed by atoms with Crippen LogP contribution in [0, 0.1) is 0 Å². The molecule has 142 valence electrons. The first kappa shape index (κ1) is 20.4. The molecule has 1 aromatic heterocycles. The lowest BCUT2D eigenvalue weighted by atomic mass is 10.2. The molecule has 0 aliphatic heterocycles. The molecule has 3 aromatic carbocycles. The Morgan fingerprint density at radius 1 is 0.929 bits per heavy atom. The molecule has 0 aliphatic rings. The summed E-state index contributed by atoms with van der Waals surface area (Å²) in [7, 11) is 0. The molecule has 4 aromatic rings. The molecule has 1 heterocycles. The Morgan fingerprint density at radius 2 is 1.64 bits per heavy atom. The molecule has 0 bridgehead atoms. The van der Waals surface area contributed by atoms with Crippen LogP contribution in [0.3, 0.4) is 0 Å². The lowest BCUT2D eigenvalue weighted by Gasteiger charge is -1.99. The molecule has 4 nitrogen and oxygen atoms in total. The average molecular weight is 451 g/mol. The number of rotatable bonds is 4. The normalized spacial score (nSPS) is 10.4. The highest BCUT2D eigenvalue weighted by Crippen LogP contribution is 2.34. The topological polar surface area (TPSA) is 49.0 Å². The third kappa shape index (κ3) is 4.39. The summed E-state index contributed by atoms with van der Waals surface area (Å²) in [5, 5.41) is 20.2. The second-order valence-electron chi connectivity index (χ2n) is 5.76. The summed E-state index contributed by atoms with van der Waals surface area (Å²) in [5.74, 6) is 0.215. The third-order valence-corrected chi connectivity index (χ3v) is 5.37. The smallest absolute Gasteiger partial charge is 0.306 e. The van der Waals surface area contributed by atoms with Gasteiger partial charge in [0.25, 0.3) is 5.13 Å². The third-order valence-electron chi connectivity index (χ3n) is 3.86. The van der Waals surface area contributed by atoms with E-state index < -0.39 is 0 Å². The largest absolute Gasteiger partial charge is 1.00 e. The zero-order valence-electron chi connectivity index (χ0n) is 14.3. The SMILES string of the molecule is Oc1ccc(Nc2n[n+](-c3ccccc3)c(-c3ccc(Cl)cc3Cl)s2)cc1.[Cl-]. The molecule has 8 heteroatoms. The molecule has 0 radical (unpaired) electrons. The van der Waals surface area contributed by atoms with Crippen molar-refractivity contribution in [2.45, 2.75) is 0 Å². The number of nitrogens with one attached hydrogen (secondary N) is 1. The van der Waals surface area contributed by atoms with Crippen molar-refractivity contribution in [3.8, 4) is 22.0 Å². The second kappa shape index (κ2) is 8.80. The van der Waals surface area contributed by atoms with Crippen LogP contribution in [-0.4, -0.2) is 10.2 Å². The summed E-state index contributed by atoms with van der Waals surface area (Å²) in [4.78, 5) is 0. The molecule has 0 unspecified atom stereocenters. The number of phenolic OH excluding ortho intramolecular Hbond substituents is 1. The highest BCUT2D eigenvalue weighted by atomic mass is 35.5. The van der Waals surface area contributed by atoms with Crippen molar-refractivity contribution >= 4 is 45.4 Å². The van der Waals surface area contributed by atoms with Gasteiger partial charge in [-0.2, -0.15) is 0 Å². The Kier molecular flexibility index (Phi) is 6.42.